The number of halogens is 2. The highest BCUT2D eigenvalue weighted by atomic mass is 35.5. The second-order valence-corrected chi connectivity index (χ2v) is 5.96. The molecule has 2 heterocycles. The van der Waals surface area contributed by atoms with E-state index in [9.17, 15) is 0 Å². The maximum Gasteiger partial charge on any atom is 0.217 e. The number of aromatic nitrogens is 3. The summed E-state index contributed by atoms with van der Waals surface area (Å²) >= 11 is 12.3. The number of nitrogens with zero attached hydrogens (tertiary/aromatic N) is 3. The van der Waals surface area contributed by atoms with Gasteiger partial charge in [-0.25, -0.2) is 9.67 Å². The molecule has 112 valence electrons. The van der Waals surface area contributed by atoms with Crippen LogP contribution in [0.2, 0.25) is 10.0 Å². The van der Waals surface area contributed by atoms with Crippen molar-refractivity contribution < 1.29 is 9.47 Å². The molecular formula is C14H15Cl2N3O2. The summed E-state index contributed by atoms with van der Waals surface area (Å²) in [4.78, 5) is 3.95. The molecule has 0 amide bonds. The van der Waals surface area contributed by atoms with E-state index < -0.39 is 5.79 Å². The van der Waals surface area contributed by atoms with E-state index in [0.717, 1.165) is 5.56 Å². The minimum Gasteiger partial charge on any atom is -0.339 e. The third kappa shape index (κ3) is 2.79. The number of hydrogen-bond acceptors (Lipinski definition) is 4. The van der Waals surface area contributed by atoms with Gasteiger partial charge in [0, 0.05) is 10.6 Å². The Balaban J connectivity index is 2.04. The van der Waals surface area contributed by atoms with Gasteiger partial charge in [-0.15, -0.1) is 0 Å². The topological polar surface area (TPSA) is 49.2 Å². The van der Waals surface area contributed by atoms with E-state index in [0.29, 0.717) is 16.6 Å². The summed E-state index contributed by atoms with van der Waals surface area (Å²) in [5, 5.41) is 5.20. The van der Waals surface area contributed by atoms with Gasteiger partial charge in [-0.2, -0.15) is 5.10 Å². The zero-order chi connectivity index (χ0) is 15.0. The smallest absolute Gasteiger partial charge is 0.217 e. The van der Waals surface area contributed by atoms with Crippen LogP contribution in [0.5, 0.6) is 0 Å². The summed E-state index contributed by atoms with van der Waals surface area (Å²) in [7, 11) is 0. The maximum atomic E-state index is 6.34. The van der Waals surface area contributed by atoms with Crippen molar-refractivity contribution in [3.05, 3.63) is 46.5 Å². The third-order valence-electron chi connectivity index (χ3n) is 3.59. The van der Waals surface area contributed by atoms with Crippen molar-refractivity contribution >= 4 is 23.2 Å². The number of rotatable bonds is 3. The molecule has 1 aliphatic rings. The minimum absolute atomic E-state index is 0.0553. The van der Waals surface area contributed by atoms with Crippen LogP contribution in [0.25, 0.3) is 0 Å². The van der Waals surface area contributed by atoms with E-state index in [4.69, 9.17) is 32.7 Å². The summed E-state index contributed by atoms with van der Waals surface area (Å²) in [5.74, 6) is -0.992. The molecule has 0 unspecified atom stereocenters. The Morgan fingerprint density at radius 3 is 2.52 bits per heavy atom. The van der Waals surface area contributed by atoms with Crippen LogP contribution in [0.1, 0.15) is 19.4 Å². The van der Waals surface area contributed by atoms with Crippen LogP contribution in [0.3, 0.4) is 0 Å². The molecule has 5 nitrogen and oxygen atoms in total. The standard InChI is InChI=1S/C14H15Cl2N3O2/c1-9-10(2)21-14(20-9,6-19-8-17-7-18-19)12-4-3-11(15)5-13(12)16/h3-5,7-10H,6H2,1-2H3/t9-,10-/m0/s1. The quantitative estimate of drug-likeness (QED) is 0.868. The zero-order valence-corrected chi connectivity index (χ0v) is 13.2. The second kappa shape index (κ2) is 5.57. The highest BCUT2D eigenvalue weighted by Gasteiger charge is 2.47. The molecule has 0 N–H and O–H groups in total. The average Bonchev–Trinajstić information content (AvgIpc) is 2.99. The van der Waals surface area contributed by atoms with Crippen molar-refractivity contribution in [1.82, 2.24) is 14.8 Å². The summed E-state index contributed by atoms with van der Waals surface area (Å²) < 4.78 is 13.9. The van der Waals surface area contributed by atoms with E-state index in [-0.39, 0.29) is 12.2 Å². The highest BCUT2D eigenvalue weighted by Crippen LogP contribution is 2.42. The van der Waals surface area contributed by atoms with Gasteiger partial charge in [-0.05, 0) is 26.0 Å². The Kier molecular flexibility index (Phi) is 3.92. The fraction of sp³-hybridized carbons (Fsp3) is 0.429. The van der Waals surface area contributed by atoms with Gasteiger partial charge in [0.15, 0.2) is 0 Å². The van der Waals surface area contributed by atoms with Gasteiger partial charge in [0.25, 0.3) is 0 Å². The second-order valence-electron chi connectivity index (χ2n) is 5.12. The molecule has 1 aliphatic heterocycles. The van der Waals surface area contributed by atoms with E-state index in [1.54, 1.807) is 23.1 Å². The molecule has 2 aromatic rings. The van der Waals surface area contributed by atoms with Crippen molar-refractivity contribution in [2.24, 2.45) is 0 Å². The van der Waals surface area contributed by atoms with Crippen molar-refractivity contribution in [2.45, 2.75) is 38.4 Å². The Bertz CT molecular complexity index is 623. The molecule has 2 atom stereocenters. The monoisotopic (exact) mass is 327 g/mol. The summed E-state index contributed by atoms with van der Waals surface area (Å²) in [6.07, 6.45) is 2.98. The van der Waals surface area contributed by atoms with Gasteiger partial charge in [-0.3, -0.25) is 0 Å². The normalized spacial score (nSPS) is 24.4. The first-order valence-electron chi connectivity index (χ1n) is 6.64. The molecule has 0 bridgehead atoms. The fourth-order valence-corrected chi connectivity index (χ4v) is 2.99. The Morgan fingerprint density at radius 1 is 1.24 bits per heavy atom. The van der Waals surface area contributed by atoms with Crippen LogP contribution >= 0.6 is 23.2 Å². The largest absolute Gasteiger partial charge is 0.339 e. The van der Waals surface area contributed by atoms with E-state index in [1.807, 2.05) is 19.9 Å². The van der Waals surface area contributed by atoms with E-state index in [1.165, 1.54) is 6.33 Å². The maximum absolute atomic E-state index is 6.34. The Labute approximate surface area is 132 Å². The fourth-order valence-electron chi connectivity index (χ4n) is 2.43. The van der Waals surface area contributed by atoms with Crippen LogP contribution in [0.15, 0.2) is 30.9 Å². The SMILES string of the molecule is C[C@@H]1OC(Cn2cncn2)(c2ccc(Cl)cc2Cl)O[C@H]1C. The van der Waals surface area contributed by atoms with Gasteiger partial charge in [0.05, 0.1) is 17.2 Å². The Hall–Kier alpha value is -1.14. The molecule has 0 aliphatic carbocycles. The van der Waals surface area contributed by atoms with Gasteiger partial charge in [0.2, 0.25) is 5.79 Å². The van der Waals surface area contributed by atoms with Crippen molar-refractivity contribution in [3.8, 4) is 0 Å². The molecule has 1 aromatic heterocycles. The third-order valence-corrected chi connectivity index (χ3v) is 4.14. The van der Waals surface area contributed by atoms with Gasteiger partial charge in [-0.1, -0.05) is 29.3 Å². The molecule has 1 fully saturated rings. The molecule has 3 rings (SSSR count). The van der Waals surface area contributed by atoms with Crippen molar-refractivity contribution in [1.29, 1.82) is 0 Å². The summed E-state index contributed by atoms with van der Waals surface area (Å²) in [6.45, 7) is 4.30. The zero-order valence-electron chi connectivity index (χ0n) is 11.7. The number of ether oxygens (including phenoxy) is 2. The van der Waals surface area contributed by atoms with Crippen LogP contribution in [0.4, 0.5) is 0 Å². The molecule has 7 heteroatoms. The van der Waals surface area contributed by atoms with Crippen molar-refractivity contribution in [2.75, 3.05) is 0 Å². The predicted molar refractivity (Wildman–Crippen MR) is 79.3 cm³/mol. The molecule has 0 radical (unpaired) electrons. The first kappa shape index (κ1) is 14.8. The first-order chi connectivity index (χ1) is 10.00. The number of benzene rings is 1. The van der Waals surface area contributed by atoms with Gasteiger partial charge >= 0.3 is 0 Å². The lowest BCUT2D eigenvalue weighted by atomic mass is 10.1. The minimum atomic E-state index is -0.992. The summed E-state index contributed by atoms with van der Waals surface area (Å²) in [5.41, 5.74) is 0.736. The summed E-state index contributed by atoms with van der Waals surface area (Å²) in [6, 6.07) is 5.28. The van der Waals surface area contributed by atoms with Crippen LogP contribution < -0.4 is 0 Å². The molecule has 0 saturated carbocycles. The number of hydrogen-bond donors (Lipinski definition) is 0. The lowest BCUT2D eigenvalue weighted by Crippen LogP contribution is -2.34. The lowest BCUT2D eigenvalue weighted by molar-refractivity contribution is -0.193. The first-order valence-corrected chi connectivity index (χ1v) is 7.39. The molecule has 1 aromatic carbocycles. The van der Waals surface area contributed by atoms with Crippen LogP contribution in [-0.2, 0) is 21.8 Å². The van der Waals surface area contributed by atoms with Gasteiger partial charge < -0.3 is 9.47 Å². The Morgan fingerprint density at radius 2 is 1.95 bits per heavy atom. The van der Waals surface area contributed by atoms with E-state index >= 15 is 0 Å². The van der Waals surface area contributed by atoms with Crippen LogP contribution in [0, 0.1) is 0 Å². The molecular weight excluding hydrogens is 313 g/mol. The van der Waals surface area contributed by atoms with Crippen LogP contribution in [-0.4, -0.2) is 27.0 Å². The highest BCUT2D eigenvalue weighted by molar-refractivity contribution is 6.35. The average molecular weight is 328 g/mol. The molecule has 1 saturated heterocycles. The predicted octanol–water partition coefficient (Wildman–Crippen LogP) is 3.26. The lowest BCUT2D eigenvalue weighted by Gasteiger charge is -2.29. The van der Waals surface area contributed by atoms with E-state index in [2.05, 4.69) is 10.1 Å². The molecule has 21 heavy (non-hydrogen) atoms. The molecule has 0 spiro atoms. The van der Waals surface area contributed by atoms with Crippen molar-refractivity contribution in [3.63, 3.8) is 0 Å². The van der Waals surface area contributed by atoms with Gasteiger partial charge in [0.1, 0.15) is 19.2 Å².